The second kappa shape index (κ2) is 8.90. The first-order chi connectivity index (χ1) is 14.1. The molecule has 1 aliphatic heterocycles. The molecule has 3 heterocycles. The smallest absolute Gasteiger partial charge is 0.254 e. The summed E-state index contributed by atoms with van der Waals surface area (Å²) in [5.74, 6) is -0.0364. The highest BCUT2D eigenvalue weighted by Gasteiger charge is 2.21. The summed E-state index contributed by atoms with van der Waals surface area (Å²) in [6.07, 6.45) is 3.50. The molecule has 3 aromatic rings. The first kappa shape index (κ1) is 19.8. The number of hydrogen-bond donors (Lipinski definition) is 0. The Morgan fingerprint density at radius 2 is 2.10 bits per heavy atom. The molecule has 0 N–H and O–H groups in total. The summed E-state index contributed by atoms with van der Waals surface area (Å²) in [5.41, 5.74) is 2.21. The Kier molecular flexibility index (Phi) is 6.08. The Balaban J connectivity index is 1.56. The van der Waals surface area contributed by atoms with Crippen molar-refractivity contribution in [2.75, 3.05) is 39.4 Å². The third kappa shape index (κ3) is 4.75. The largest absolute Gasteiger partial charge is 0.379 e. The van der Waals surface area contributed by atoms with Crippen molar-refractivity contribution in [1.29, 1.82) is 0 Å². The zero-order valence-electron chi connectivity index (χ0n) is 16.4. The van der Waals surface area contributed by atoms with Crippen LogP contribution in [-0.4, -0.2) is 69.9 Å². The monoisotopic (exact) mass is 413 g/mol. The molecule has 8 heteroatoms. The van der Waals surface area contributed by atoms with E-state index >= 15 is 0 Å². The van der Waals surface area contributed by atoms with Crippen molar-refractivity contribution in [3.8, 4) is 0 Å². The van der Waals surface area contributed by atoms with Crippen LogP contribution in [0.3, 0.4) is 0 Å². The fourth-order valence-electron chi connectivity index (χ4n) is 3.52. The van der Waals surface area contributed by atoms with Crippen molar-refractivity contribution in [3.63, 3.8) is 0 Å². The second-order valence-corrected chi connectivity index (χ2v) is 7.60. The molecule has 1 amide bonds. The van der Waals surface area contributed by atoms with Crippen LogP contribution < -0.4 is 0 Å². The summed E-state index contributed by atoms with van der Waals surface area (Å²) in [4.78, 5) is 21.8. The molecule has 1 saturated heterocycles. The summed E-state index contributed by atoms with van der Waals surface area (Å²) in [7, 11) is 1.83. The number of hydrogen-bond acceptors (Lipinski definition) is 5. The van der Waals surface area contributed by atoms with Crippen molar-refractivity contribution in [1.82, 2.24) is 24.6 Å². The van der Waals surface area contributed by atoms with Crippen LogP contribution in [0, 0.1) is 0 Å². The number of halogens is 1. The number of rotatable bonds is 6. The second-order valence-electron chi connectivity index (χ2n) is 7.19. The molecule has 1 aliphatic rings. The van der Waals surface area contributed by atoms with Crippen LogP contribution in [-0.2, 0) is 18.3 Å². The van der Waals surface area contributed by atoms with Crippen molar-refractivity contribution >= 4 is 28.4 Å². The van der Waals surface area contributed by atoms with Crippen LogP contribution in [0.1, 0.15) is 16.1 Å². The number of carbonyl (C=O) groups is 1. The van der Waals surface area contributed by atoms with E-state index in [1.54, 1.807) is 17.1 Å². The number of benzene rings is 1. The number of aromatic nitrogens is 3. The Hall–Kier alpha value is -2.48. The predicted molar refractivity (Wildman–Crippen MR) is 112 cm³/mol. The van der Waals surface area contributed by atoms with Crippen molar-refractivity contribution in [3.05, 3.63) is 59.0 Å². The topological polar surface area (TPSA) is 63.5 Å². The lowest BCUT2D eigenvalue weighted by atomic mass is 10.1. The first-order valence-electron chi connectivity index (χ1n) is 9.72. The molecule has 0 saturated carbocycles. The van der Waals surface area contributed by atoms with Gasteiger partial charge in [-0.1, -0.05) is 17.7 Å². The number of nitrogens with zero attached hydrogens (tertiary/aromatic N) is 5. The van der Waals surface area contributed by atoms with Crippen molar-refractivity contribution < 1.29 is 9.53 Å². The summed E-state index contributed by atoms with van der Waals surface area (Å²) in [5, 5.41) is 5.93. The number of carbonyl (C=O) groups excluding carboxylic acids is 1. The fourth-order valence-corrected chi connectivity index (χ4v) is 3.76. The first-order valence-corrected chi connectivity index (χ1v) is 10.1. The molecule has 4 rings (SSSR count). The third-order valence-electron chi connectivity index (χ3n) is 5.12. The van der Waals surface area contributed by atoms with E-state index in [2.05, 4.69) is 15.0 Å². The molecule has 0 atom stereocenters. The molecule has 7 nitrogen and oxygen atoms in total. The fraction of sp³-hybridized carbons (Fsp3) is 0.381. The van der Waals surface area contributed by atoms with Crippen LogP contribution in [0.4, 0.5) is 0 Å². The molecule has 0 bridgehead atoms. The van der Waals surface area contributed by atoms with Gasteiger partial charge in [-0.2, -0.15) is 5.10 Å². The van der Waals surface area contributed by atoms with Gasteiger partial charge in [-0.25, -0.2) is 0 Å². The quantitative estimate of drug-likeness (QED) is 0.621. The maximum Gasteiger partial charge on any atom is 0.254 e. The van der Waals surface area contributed by atoms with Gasteiger partial charge in [-0.05, 0) is 24.3 Å². The Morgan fingerprint density at radius 1 is 1.28 bits per heavy atom. The number of pyridine rings is 1. The van der Waals surface area contributed by atoms with E-state index in [0.717, 1.165) is 43.8 Å². The normalized spacial score (nSPS) is 15.0. The predicted octanol–water partition coefficient (Wildman–Crippen LogP) is 2.60. The number of ether oxygens (including phenoxy) is 1. The molecule has 29 heavy (non-hydrogen) atoms. The van der Waals surface area contributed by atoms with Gasteiger partial charge in [0.15, 0.2) is 0 Å². The Bertz CT molecular complexity index is 1000. The van der Waals surface area contributed by atoms with Gasteiger partial charge < -0.3 is 9.64 Å². The van der Waals surface area contributed by atoms with E-state index in [0.29, 0.717) is 29.4 Å². The molecular formula is C21H24ClN5O2. The van der Waals surface area contributed by atoms with Crippen molar-refractivity contribution in [2.45, 2.75) is 6.54 Å². The summed E-state index contributed by atoms with van der Waals surface area (Å²) < 4.78 is 7.09. The minimum atomic E-state index is -0.0364. The van der Waals surface area contributed by atoms with E-state index < -0.39 is 0 Å². The lowest BCUT2D eigenvalue weighted by molar-refractivity contribution is 0.0319. The van der Waals surface area contributed by atoms with Crippen LogP contribution in [0.5, 0.6) is 0 Å². The van der Waals surface area contributed by atoms with Crippen LogP contribution >= 0.6 is 11.6 Å². The van der Waals surface area contributed by atoms with Crippen LogP contribution in [0.25, 0.3) is 10.9 Å². The molecular weight excluding hydrogens is 390 g/mol. The number of fused-ring (bicyclic) bond motifs is 1. The highest BCUT2D eigenvalue weighted by molar-refractivity contribution is 6.31. The molecule has 0 spiro atoms. The molecule has 1 fully saturated rings. The standard InChI is InChI=1S/C21H24ClN5O2/c1-25-14-18(22)20(24-25)15-27(8-7-26-9-11-29-12-10-26)21(28)17-4-5-19-16(13-17)3-2-6-23-19/h2-6,13-14H,7-12,15H2,1H3. The minimum absolute atomic E-state index is 0.0364. The molecule has 0 aliphatic carbocycles. The van der Waals surface area contributed by atoms with Gasteiger partial charge in [0, 0.05) is 56.6 Å². The molecule has 0 unspecified atom stereocenters. The zero-order valence-corrected chi connectivity index (χ0v) is 17.2. The van der Waals surface area contributed by atoms with Gasteiger partial charge in [-0.15, -0.1) is 0 Å². The van der Waals surface area contributed by atoms with Gasteiger partial charge in [0.1, 0.15) is 5.69 Å². The summed E-state index contributed by atoms with van der Waals surface area (Å²) in [6, 6.07) is 9.45. The lowest BCUT2D eigenvalue weighted by Gasteiger charge is -2.30. The van der Waals surface area contributed by atoms with E-state index in [-0.39, 0.29) is 5.91 Å². The minimum Gasteiger partial charge on any atom is -0.379 e. The average molecular weight is 414 g/mol. The summed E-state index contributed by atoms with van der Waals surface area (Å²) >= 11 is 6.31. The van der Waals surface area contributed by atoms with Gasteiger partial charge in [0.2, 0.25) is 0 Å². The van der Waals surface area contributed by atoms with Gasteiger partial charge in [0.25, 0.3) is 5.91 Å². The Labute approximate surface area is 174 Å². The lowest BCUT2D eigenvalue weighted by Crippen LogP contribution is -2.43. The maximum atomic E-state index is 13.4. The summed E-state index contributed by atoms with van der Waals surface area (Å²) in [6.45, 7) is 4.98. The number of aryl methyl sites for hydroxylation is 1. The SMILES string of the molecule is Cn1cc(Cl)c(CN(CCN2CCOCC2)C(=O)c2ccc3ncccc3c2)n1. The van der Waals surface area contributed by atoms with Crippen molar-refractivity contribution in [2.24, 2.45) is 7.05 Å². The highest BCUT2D eigenvalue weighted by atomic mass is 35.5. The number of morpholine rings is 1. The maximum absolute atomic E-state index is 13.4. The van der Waals surface area contributed by atoms with Gasteiger partial charge in [-0.3, -0.25) is 19.4 Å². The highest BCUT2D eigenvalue weighted by Crippen LogP contribution is 2.19. The van der Waals surface area contributed by atoms with Gasteiger partial charge >= 0.3 is 0 Å². The van der Waals surface area contributed by atoms with Gasteiger partial charge in [0.05, 0.1) is 30.3 Å². The molecule has 1 aromatic carbocycles. The zero-order chi connectivity index (χ0) is 20.2. The van der Waals surface area contributed by atoms with E-state index in [9.17, 15) is 4.79 Å². The van der Waals surface area contributed by atoms with Crippen LogP contribution in [0.2, 0.25) is 5.02 Å². The Morgan fingerprint density at radius 3 is 2.86 bits per heavy atom. The molecule has 0 radical (unpaired) electrons. The third-order valence-corrected chi connectivity index (χ3v) is 5.44. The van der Waals surface area contributed by atoms with Crippen LogP contribution in [0.15, 0.2) is 42.7 Å². The number of amides is 1. The van der Waals surface area contributed by atoms with E-state index in [1.807, 2.05) is 42.3 Å². The molecule has 152 valence electrons. The van der Waals surface area contributed by atoms with E-state index in [1.165, 1.54) is 0 Å². The molecule has 2 aromatic heterocycles. The van der Waals surface area contributed by atoms with E-state index in [4.69, 9.17) is 16.3 Å². The average Bonchev–Trinajstić information content (AvgIpc) is 3.07.